The zero-order valence-corrected chi connectivity index (χ0v) is 17.2. The normalized spacial score (nSPS) is 12.0. The van der Waals surface area contributed by atoms with Gasteiger partial charge >= 0.3 is 0 Å². The third-order valence-electron chi connectivity index (χ3n) is 4.87. The Kier molecular flexibility index (Phi) is 7.09. The van der Waals surface area contributed by atoms with Crippen LogP contribution in [0.3, 0.4) is 0 Å². The molecular formula is C24H28N2O3. The number of nitrogens with one attached hydrogen (secondary N) is 1. The molecule has 1 amide bonds. The van der Waals surface area contributed by atoms with Crippen molar-refractivity contribution in [2.75, 3.05) is 33.9 Å². The second-order valence-electron chi connectivity index (χ2n) is 7.16. The number of carbonyl (C=O) groups excluding carboxylic acids is 1. The maximum absolute atomic E-state index is 12.4. The molecule has 152 valence electrons. The van der Waals surface area contributed by atoms with Crippen molar-refractivity contribution in [2.24, 2.45) is 0 Å². The summed E-state index contributed by atoms with van der Waals surface area (Å²) in [7, 11) is 3.55. The lowest BCUT2D eigenvalue weighted by molar-refractivity contribution is -0.122. The van der Waals surface area contributed by atoms with Crippen molar-refractivity contribution in [1.29, 1.82) is 0 Å². The van der Waals surface area contributed by atoms with Gasteiger partial charge in [-0.3, -0.25) is 9.69 Å². The Bertz CT molecular complexity index is 940. The minimum atomic E-state index is -0.0453. The zero-order chi connectivity index (χ0) is 20.6. The maximum Gasteiger partial charge on any atom is 0.234 e. The molecule has 0 saturated carbocycles. The van der Waals surface area contributed by atoms with Crippen molar-refractivity contribution in [3.8, 4) is 11.5 Å². The highest BCUT2D eigenvalue weighted by atomic mass is 16.5. The van der Waals surface area contributed by atoms with Crippen LogP contribution in [0.2, 0.25) is 0 Å². The van der Waals surface area contributed by atoms with E-state index in [0.717, 1.165) is 17.1 Å². The minimum absolute atomic E-state index is 0.00222. The van der Waals surface area contributed by atoms with E-state index in [1.54, 1.807) is 7.11 Å². The zero-order valence-electron chi connectivity index (χ0n) is 17.2. The molecule has 0 heterocycles. The summed E-state index contributed by atoms with van der Waals surface area (Å²) in [5.74, 6) is 1.58. The van der Waals surface area contributed by atoms with E-state index in [1.807, 2.05) is 55.3 Å². The Hall–Kier alpha value is -3.05. The van der Waals surface area contributed by atoms with E-state index >= 15 is 0 Å². The van der Waals surface area contributed by atoms with Gasteiger partial charge in [-0.1, -0.05) is 36.4 Å². The number of hydrogen-bond donors (Lipinski definition) is 1. The van der Waals surface area contributed by atoms with Crippen molar-refractivity contribution in [3.05, 3.63) is 72.3 Å². The van der Waals surface area contributed by atoms with Crippen molar-refractivity contribution < 1.29 is 14.3 Å². The number of ether oxygens (including phenoxy) is 2. The first kappa shape index (κ1) is 20.7. The maximum atomic E-state index is 12.4. The molecule has 0 aliphatic carbocycles. The lowest BCUT2D eigenvalue weighted by Gasteiger charge is -2.19. The van der Waals surface area contributed by atoms with E-state index in [9.17, 15) is 4.79 Å². The smallest absolute Gasteiger partial charge is 0.234 e. The van der Waals surface area contributed by atoms with Crippen LogP contribution in [0.15, 0.2) is 66.7 Å². The number of nitrogens with zero attached hydrogens (tertiary/aromatic N) is 1. The number of benzene rings is 3. The van der Waals surface area contributed by atoms with Crippen LogP contribution >= 0.6 is 0 Å². The van der Waals surface area contributed by atoms with E-state index in [2.05, 4.69) is 35.6 Å². The van der Waals surface area contributed by atoms with Crippen molar-refractivity contribution in [3.63, 3.8) is 0 Å². The molecule has 5 nitrogen and oxygen atoms in total. The molecule has 1 unspecified atom stereocenters. The van der Waals surface area contributed by atoms with Gasteiger partial charge in [0, 0.05) is 6.54 Å². The van der Waals surface area contributed by atoms with Crippen LogP contribution in [0, 0.1) is 0 Å². The molecule has 1 N–H and O–H groups in total. The molecule has 0 spiro atoms. The molecule has 0 bridgehead atoms. The van der Waals surface area contributed by atoms with Gasteiger partial charge in [0.05, 0.1) is 19.7 Å². The third kappa shape index (κ3) is 5.96. The van der Waals surface area contributed by atoms with E-state index in [-0.39, 0.29) is 11.9 Å². The molecule has 5 heteroatoms. The summed E-state index contributed by atoms with van der Waals surface area (Å²) in [5, 5.41) is 5.46. The van der Waals surface area contributed by atoms with Crippen LogP contribution in [0.25, 0.3) is 10.8 Å². The number of hydrogen-bond acceptors (Lipinski definition) is 4. The van der Waals surface area contributed by atoms with Gasteiger partial charge in [-0.05, 0) is 60.6 Å². The van der Waals surface area contributed by atoms with Crippen molar-refractivity contribution in [1.82, 2.24) is 10.2 Å². The second kappa shape index (κ2) is 9.94. The predicted octanol–water partition coefficient (Wildman–Crippen LogP) is 4.04. The second-order valence-corrected chi connectivity index (χ2v) is 7.16. The van der Waals surface area contributed by atoms with Crippen LogP contribution < -0.4 is 14.8 Å². The predicted molar refractivity (Wildman–Crippen MR) is 116 cm³/mol. The number of likely N-dealkylation sites (N-methyl/N-ethyl adjacent to an activating group) is 1. The fraction of sp³-hybridized carbons (Fsp3) is 0.292. The summed E-state index contributed by atoms with van der Waals surface area (Å²) >= 11 is 0. The van der Waals surface area contributed by atoms with E-state index < -0.39 is 0 Å². The van der Waals surface area contributed by atoms with Gasteiger partial charge in [-0.25, -0.2) is 0 Å². The number of fused-ring (bicyclic) bond motifs is 1. The molecule has 0 radical (unpaired) electrons. The van der Waals surface area contributed by atoms with Gasteiger partial charge in [-0.2, -0.15) is 0 Å². The van der Waals surface area contributed by atoms with Crippen LogP contribution in [-0.2, 0) is 4.79 Å². The molecule has 29 heavy (non-hydrogen) atoms. The van der Waals surface area contributed by atoms with Gasteiger partial charge in [-0.15, -0.1) is 0 Å². The first-order chi connectivity index (χ1) is 14.0. The summed E-state index contributed by atoms with van der Waals surface area (Å²) in [5.41, 5.74) is 1.10. The van der Waals surface area contributed by atoms with Crippen molar-refractivity contribution >= 4 is 16.7 Å². The molecule has 3 aromatic carbocycles. The van der Waals surface area contributed by atoms with E-state index in [1.165, 1.54) is 10.8 Å². The van der Waals surface area contributed by atoms with Gasteiger partial charge < -0.3 is 14.8 Å². The lowest BCUT2D eigenvalue weighted by Crippen LogP contribution is -2.38. The van der Waals surface area contributed by atoms with Crippen molar-refractivity contribution in [2.45, 2.75) is 13.0 Å². The Balaban J connectivity index is 1.43. The Morgan fingerprint density at radius 3 is 2.41 bits per heavy atom. The van der Waals surface area contributed by atoms with E-state index in [4.69, 9.17) is 9.47 Å². The molecule has 0 aromatic heterocycles. The van der Waals surface area contributed by atoms with Crippen LogP contribution in [0.1, 0.15) is 18.5 Å². The molecular weight excluding hydrogens is 364 g/mol. The molecule has 0 fully saturated rings. The Morgan fingerprint density at radius 1 is 1.00 bits per heavy atom. The van der Waals surface area contributed by atoms with Gasteiger partial charge in [0.25, 0.3) is 0 Å². The summed E-state index contributed by atoms with van der Waals surface area (Å²) in [6, 6.07) is 21.9. The highest BCUT2D eigenvalue weighted by Gasteiger charge is 2.12. The Morgan fingerprint density at radius 2 is 1.69 bits per heavy atom. The molecule has 0 aliphatic heterocycles. The first-order valence-electron chi connectivity index (χ1n) is 9.78. The number of carbonyl (C=O) groups is 1. The fourth-order valence-corrected chi connectivity index (χ4v) is 3.16. The summed E-state index contributed by atoms with van der Waals surface area (Å²) in [6.07, 6.45) is 0. The SMILES string of the molecule is COc1ccc(OCCN(C)CC(=O)NC(C)c2ccc3ccccc3c2)cc1. The summed E-state index contributed by atoms with van der Waals surface area (Å²) in [4.78, 5) is 14.3. The van der Waals surface area contributed by atoms with Crippen LogP contribution in [0.5, 0.6) is 11.5 Å². The standard InChI is InChI=1S/C24H28N2O3/c1-18(20-9-8-19-6-4-5-7-21(19)16-20)25-24(27)17-26(2)14-15-29-23-12-10-22(28-3)11-13-23/h4-13,16,18H,14-15,17H2,1-3H3,(H,25,27). The quantitative estimate of drug-likeness (QED) is 0.597. The summed E-state index contributed by atoms with van der Waals surface area (Å²) < 4.78 is 10.9. The van der Waals surface area contributed by atoms with Crippen LogP contribution in [-0.4, -0.2) is 44.7 Å². The Labute approximate surface area is 172 Å². The molecule has 3 aromatic rings. The molecule has 0 aliphatic rings. The highest BCUT2D eigenvalue weighted by molar-refractivity contribution is 5.83. The number of rotatable bonds is 9. The third-order valence-corrected chi connectivity index (χ3v) is 4.87. The van der Waals surface area contributed by atoms with Gasteiger partial charge in [0.15, 0.2) is 0 Å². The average Bonchev–Trinajstić information content (AvgIpc) is 2.73. The van der Waals surface area contributed by atoms with Gasteiger partial charge in [0.1, 0.15) is 18.1 Å². The number of amides is 1. The lowest BCUT2D eigenvalue weighted by atomic mass is 10.0. The molecule has 3 rings (SSSR count). The monoisotopic (exact) mass is 392 g/mol. The minimum Gasteiger partial charge on any atom is -0.497 e. The van der Waals surface area contributed by atoms with Crippen LogP contribution in [0.4, 0.5) is 0 Å². The van der Waals surface area contributed by atoms with Gasteiger partial charge in [0.2, 0.25) is 5.91 Å². The highest BCUT2D eigenvalue weighted by Crippen LogP contribution is 2.20. The molecule has 0 saturated heterocycles. The topological polar surface area (TPSA) is 50.8 Å². The largest absolute Gasteiger partial charge is 0.497 e. The average molecular weight is 392 g/mol. The fourth-order valence-electron chi connectivity index (χ4n) is 3.16. The van der Waals surface area contributed by atoms with E-state index in [0.29, 0.717) is 19.7 Å². The first-order valence-corrected chi connectivity index (χ1v) is 9.78. The number of methoxy groups -OCH3 is 1. The summed E-state index contributed by atoms with van der Waals surface area (Å²) in [6.45, 7) is 3.50. The molecule has 1 atom stereocenters.